The zero-order valence-electron chi connectivity index (χ0n) is 13.7. The number of quaternary nitrogens is 1. The number of amides is 1. The van der Waals surface area contributed by atoms with Crippen LogP contribution in [0.5, 0.6) is 0 Å². The average molecular weight is 391 g/mol. The number of anilines is 1. The molecule has 138 valence electrons. The number of benzene rings is 1. The van der Waals surface area contributed by atoms with E-state index in [-0.39, 0.29) is 23.2 Å². The fourth-order valence-electron chi connectivity index (χ4n) is 3.33. The molecule has 0 spiro atoms. The normalized spacial score (nSPS) is 26.6. The molecular weight excluding hydrogens is 369 g/mol. The average Bonchev–Trinajstić information content (AvgIpc) is 2.80. The molecule has 1 aromatic carbocycles. The highest BCUT2D eigenvalue weighted by Crippen LogP contribution is 2.18. The van der Waals surface area contributed by atoms with Crippen molar-refractivity contribution in [1.82, 2.24) is 5.32 Å². The molecule has 0 unspecified atom stereocenters. The Kier molecular flexibility index (Phi) is 5.50. The minimum atomic E-state index is -3.15. The molecule has 0 saturated carbocycles. The van der Waals surface area contributed by atoms with Gasteiger partial charge in [0.15, 0.2) is 16.4 Å². The van der Waals surface area contributed by atoms with Crippen molar-refractivity contribution in [3.8, 4) is 0 Å². The van der Waals surface area contributed by atoms with E-state index in [9.17, 15) is 17.6 Å². The predicted octanol–water partition coefficient (Wildman–Crippen LogP) is -0.949. The third-order valence-corrected chi connectivity index (χ3v) is 7.08. The van der Waals surface area contributed by atoms with Crippen molar-refractivity contribution in [1.29, 1.82) is 0 Å². The van der Waals surface area contributed by atoms with Crippen LogP contribution in [0, 0.1) is 5.82 Å². The first-order valence-corrected chi connectivity index (χ1v) is 10.6. The van der Waals surface area contributed by atoms with Crippen molar-refractivity contribution in [3.63, 3.8) is 0 Å². The van der Waals surface area contributed by atoms with Crippen LogP contribution in [0.2, 0.25) is 0 Å². The highest BCUT2D eigenvalue weighted by Gasteiger charge is 2.37. The Balaban J connectivity index is 1.46. The number of piperazine rings is 1. The summed E-state index contributed by atoms with van der Waals surface area (Å²) in [6, 6.07) is 5.90. The van der Waals surface area contributed by atoms with Crippen LogP contribution in [0.4, 0.5) is 10.1 Å². The predicted molar refractivity (Wildman–Crippen MR) is 94.4 cm³/mol. The van der Waals surface area contributed by atoms with Crippen LogP contribution < -0.4 is 15.1 Å². The van der Waals surface area contributed by atoms with Crippen LogP contribution in [0.15, 0.2) is 24.3 Å². The van der Waals surface area contributed by atoms with Crippen molar-refractivity contribution in [2.24, 2.45) is 0 Å². The first-order chi connectivity index (χ1) is 11.8. The molecule has 2 aliphatic rings. The molecule has 0 bridgehead atoms. The fourth-order valence-corrected chi connectivity index (χ4v) is 5.88. The second kappa shape index (κ2) is 7.47. The maximum Gasteiger partial charge on any atom is 0.275 e. The Morgan fingerprint density at radius 3 is 2.44 bits per heavy atom. The number of hydrogen-bond donors (Lipinski definition) is 2. The van der Waals surface area contributed by atoms with E-state index in [1.165, 1.54) is 12.1 Å². The van der Waals surface area contributed by atoms with Crippen LogP contribution in [0.3, 0.4) is 0 Å². The van der Waals surface area contributed by atoms with Crippen molar-refractivity contribution in [2.75, 3.05) is 49.1 Å². The Bertz CT molecular complexity index is 721. The summed E-state index contributed by atoms with van der Waals surface area (Å²) in [5, 5.41) is 2.20. The van der Waals surface area contributed by atoms with E-state index in [1.807, 2.05) is 0 Å². The van der Waals surface area contributed by atoms with Gasteiger partial charge in [-0.05, 0) is 24.3 Å². The van der Waals surface area contributed by atoms with Gasteiger partial charge >= 0.3 is 0 Å². The van der Waals surface area contributed by atoms with Crippen LogP contribution in [-0.4, -0.2) is 70.0 Å². The third kappa shape index (κ3) is 4.83. The molecule has 0 aromatic heterocycles. The van der Waals surface area contributed by atoms with Gasteiger partial charge in [0.05, 0.1) is 49.1 Å². The highest BCUT2D eigenvalue weighted by atomic mass is 35.5. The molecule has 0 radical (unpaired) electrons. The van der Waals surface area contributed by atoms with Gasteiger partial charge < -0.3 is 15.1 Å². The number of nitrogens with zero attached hydrogens (tertiary/aromatic N) is 1. The number of carbonyl (C=O) groups excluding carboxylic acids is 1. The summed E-state index contributed by atoms with van der Waals surface area (Å²) in [4.78, 5) is 15.5. The number of carbonyl (C=O) groups is 1. The lowest BCUT2D eigenvalue weighted by molar-refractivity contribution is -0.892. The Morgan fingerprint density at radius 1 is 1.24 bits per heavy atom. The van der Waals surface area contributed by atoms with E-state index in [2.05, 4.69) is 10.2 Å². The Labute approximate surface area is 151 Å². The van der Waals surface area contributed by atoms with Gasteiger partial charge in [0.2, 0.25) is 0 Å². The summed E-state index contributed by atoms with van der Waals surface area (Å²) in [7, 11) is -3.15. The molecule has 2 atom stereocenters. The zero-order valence-corrected chi connectivity index (χ0v) is 15.3. The van der Waals surface area contributed by atoms with E-state index in [0.717, 1.165) is 36.8 Å². The quantitative estimate of drug-likeness (QED) is 0.650. The number of hydrogen-bond acceptors (Lipinski definition) is 4. The molecular formula is C16H22ClFN3O3S+. The van der Waals surface area contributed by atoms with E-state index >= 15 is 0 Å². The van der Waals surface area contributed by atoms with Gasteiger partial charge in [-0.1, -0.05) is 0 Å². The Hall–Kier alpha value is -1.38. The highest BCUT2D eigenvalue weighted by molar-refractivity contribution is 7.91. The third-order valence-electron chi connectivity index (χ3n) is 4.70. The molecule has 0 aliphatic carbocycles. The smallest absolute Gasteiger partial charge is 0.275 e. The summed E-state index contributed by atoms with van der Waals surface area (Å²) in [5.74, 6) is -0.585. The second-order valence-corrected chi connectivity index (χ2v) is 9.37. The van der Waals surface area contributed by atoms with Gasteiger partial charge in [0, 0.05) is 5.69 Å². The molecule has 6 nitrogen and oxygen atoms in total. The summed E-state index contributed by atoms with van der Waals surface area (Å²) < 4.78 is 36.1. The molecule has 2 fully saturated rings. The van der Waals surface area contributed by atoms with Gasteiger partial charge in [0.1, 0.15) is 5.82 Å². The van der Waals surface area contributed by atoms with E-state index < -0.39 is 21.3 Å². The first kappa shape index (κ1) is 18.4. The topological polar surface area (TPSA) is 70.9 Å². The van der Waals surface area contributed by atoms with Gasteiger partial charge in [-0.15, -0.1) is 11.6 Å². The SMILES string of the molecule is O=C(C[NH+]1CCN(c2ccc(F)cc2)CC1)N[C@@H]1CS(=O)(=O)C[C@@H]1Cl. The molecule has 2 saturated heterocycles. The summed E-state index contributed by atoms with van der Waals surface area (Å²) in [5.41, 5.74) is 0.978. The lowest BCUT2D eigenvalue weighted by Crippen LogP contribution is -3.16. The lowest BCUT2D eigenvalue weighted by Gasteiger charge is -2.33. The van der Waals surface area contributed by atoms with Crippen molar-refractivity contribution < 1.29 is 22.5 Å². The number of halogens is 2. The molecule has 2 N–H and O–H groups in total. The molecule has 1 amide bonds. The van der Waals surface area contributed by atoms with E-state index in [0.29, 0.717) is 6.54 Å². The molecule has 3 rings (SSSR count). The standard InChI is InChI=1S/C16H21ClFN3O3S/c17-14-10-25(23,24)11-15(14)19-16(22)9-20-5-7-21(8-6-20)13-3-1-12(18)2-4-13/h1-4,14-15H,5-11H2,(H,19,22)/p+1/t14-,15+/m0/s1. The molecule has 2 heterocycles. The van der Waals surface area contributed by atoms with Crippen molar-refractivity contribution >= 4 is 33.0 Å². The lowest BCUT2D eigenvalue weighted by atomic mass is 10.2. The van der Waals surface area contributed by atoms with Gasteiger partial charge in [-0.3, -0.25) is 4.79 Å². The maximum atomic E-state index is 13.0. The Morgan fingerprint density at radius 2 is 1.88 bits per heavy atom. The van der Waals surface area contributed by atoms with Crippen molar-refractivity contribution in [2.45, 2.75) is 11.4 Å². The second-order valence-electron chi connectivity index (χ2n) is 6.66. The summed E-state index contributed by atoms with van der Waals surface area (Å²) in [6.45, 7) is 3.45. The van der Waals surface area contributed by atoms with Crippen molar-refractivity contribution in [3.05, 3.63) is 30.1 Å². The fraction of sp³-hybridized carbons (Fsp3) is 0.562. The van der Waals surface area contributed by atoms with Gasteiger partial charge in [0.25, 0.3) is 5.91 Å². The minimum Gasteiger partial charge on any atom is -0.360 e. The van der Waals surface area contributed by atoms with Gasteiger partial charge in [-0.2, -0.15) is 0 Å². The number of nitrogens with one attached hydrogen (secondary N) is 2. The monoisotopic (exact) mass is 390 g/mol. The summed E-state index contributed by atoms with van der Waals surface area (Å²) >= 11 is 6.01. The molecule has 2 aliphatic heterocycles. The number of alkyl halides is 1. The molecule has 9 heteroatoms. The zero-order chi connectivity index (χ0) is 18.0. The first-order valence-electron chi connectivity index (χ1n) is 8.30. The summed E-state index contributed by atoms with van der Waals surface area (Å²) in [6.07, 6.45) is 0. The van der Waals surface area contributed by atoms with Crippen LogP contribution >= 0.6 is 11.6 Å². The number of sulfone groups is 1. The van der Waals surface area contributed by atoms with E-state index in [4.69, 9.17) is 11.6 Å². The van der Waals surface area contributed by atoms with Crippen LogP contribution in [-0.2, 0) is 14.6 Å². The largest absolute Gasteiger partial charge is 0.360 e. The maximum absolute atomic E-state index is 13.0. The minimum absolute atomic E-state index is 0.0807. The van der Waals surface area contributed by atoms with E-state index in [1.54, 1.807) is 12.1 Å². The van der Waals surface area contributed by atoms with Crippen LogP contribution in [0.1, 0.15) is 0 Å². The number of rotatable bonds is 4. The molecule has 25 heavy (non-hydrogen) atoms. The van der Waals surface area contributed by atoms with Crippen LogP contribution in [0.25, 0.3) is 0 Å². The van der Waals surface area contributed by atoms with Gasteiger partial charge in [-0.25, -0.2) is 12.8 Å². The molecule has 1 aromatic rings.